The normalized spacial score (nSPS) is 19.1. The molecule has 0 unspecified atom stereocenters. The van der Waals surface area contributed by atoms with Gasteiger partial charge in [0.05, 0.1) is 12.2 Å². The van der Waals surface area contributed by atoms with Gasteiger partial charge in [0.15, 0.2) is 0 Å². The first-order chi connectivity index (χ1) is 14.1. The maximum absolute atomic E-state index is 12.0. The molecule has 0 aliphatic heterocycles. The Labute approximate surface area is 178 Å². The van der Waals surface area contributed by atoms with Crippen LogP contribution in [-0.2, 0) is 9.47 Å². The fourth-order valence-corrected chi connectivity index (χ4v) is 3.46. The van der Waals surface area contributed by atoms with E-state index in [0.29, 0.717) is 24.5 Å². The van der Waals surface area contributed by atoms with E-state index in [1.54, 1.807) is 20.1 Å². The van der Waals surface area contributed by atoms with E-state index in [2.05, 4.69) is 10.6 Å². The molecule has 3 N–H and O–H groups in total. The van der Waals surface area contributed by atoms with Gasteiger partial charge in [-0.2, -0.15) is 0 Å². The molecule has 168 valence electrons. The third kappa shape index (κ3) is 7.40. The highest BCUT2D eigenvalue weighted by Gasteiger charge is 2.25. The summed E-state index contributed by atoms with van der Waals surface area (Å²) in [4.78, 5) is 23.6. The van der Waals surface area contributed by atoms with Gasteiger partial charge in [0, 0.05) is 30.9 Å². The highest BCUT2D eigenvalue weighted by Crippen LogP contribution is 2.30. The predicted octanol–water partition coefficient (Wildman–Crippen LogP) is 3.97. The number of ether oxygens (including phenoxy) is 3. The van der Waals surface area contributed by atoms with E-state index >= 15 is 0 Å². The number of alkyl carbamates (subject to hydrolysis) is 1. The number of carbonyl (C=O) groups excluding carboxylic acids is 1. The molecular formula is C22H34N2O6. The number of carboxylic acids is 1. The van der Waals surface area contributed by atoms with E-state index < -0.39 is 11.6 Å². The van der Waals surface area contributed by atoms with Crippen LogP contribution >= 0.6 is 0 Å². The number of anilines is 1. The van der Waals surface area contributed by atoms with Crippen molar-refractivity contribution in [3.63, 3.8) is 0 Å². The van der Waals surface area contributed by atoms with Crippen LogP contribution in [0.25, 0.3) is 0 Å². The molecule has 1 amide bonds. The van der Waals surface area contributed by atoms with Crippen molar-refractivity contribution in [1.29, 1.82) is 0 Å². The lowest BCUT2D eigenvalue weighted by Crippen LogP contribution is -2.42. The quantitative estimate of drug-likeness (QED) is 0.544. The lowest BCUT2D eigenvalue weighted by molar-refractivity contribution is 0.0491. The molecule has 0 aromatic heterocycles. The molecule has 0 heterocycles. The molecule has 0 bridgehead atoms. The summed E-state index contributed by atoms with van der Waals surface area (Å²) < 4.78 is 15.9. The molecule has 1 aliphatic rings. The molecule has 1 aromatic carbocycles. The van der Waals surface area contributed by atoms with Gasteiger partial charge in [-0.15, -0.1) is 0 Å². The molecule has 2 rings (SSSR count). The van der Waals surface area contributed by atoms with Gasteiger partial charge < -0.3 is 30.0 Å². The average molecular weight is 423 g/mol. The second-order valence-corrected chi connectivity index (χ2v) is 8.63. The smallest absolute Gasteiger partial charge is 0.407 e. The van der Waals surface area contributed by atoms with E-state index in [1.807, 2.05) is 26.8 Å². The summed E-state index contributed by atoms with van der Waals surface area (Å²) in [6, 6.07) is 3.65. The third-order valence-corrected chi connectivity index (χ3v) is 4.98. The number of methoxy groups -OCH3 is 1. The van der Waals surface area contributed by atoms with Crippen LogP contribution in [0.15, 0.2) is 12.1 Å². The number of nitrogens with one attached hydrogen (secondary N) is 2. The van der Waals surface area contributed by atoms with Crippen molar-refractivity contribution in [2.45, 2.75) is 71.1 Å². The summed E-state index contributed by atoms with van der Waals surface area (Å²) in [5.41, 5.74) is 1.13. The average Bonchev–Trinajstić information content (AvgIpc) is 2.64. The number of hydrogen-bond donors (Lipinski definition) is 3. The summed E-state index contributed by atoms with van der Waals surface area (Å²) in [5, 5.41) is 15.9. The van der Waals surface area contributed by atoms with Gasteiger partial charge in [0.1, 0.15) is 18.0 Å². The van der Waals surface area contributed by atoms with Crippen LogP contribution in [0.1, 0.15) is 62.4 Å². The van der Waals surface area contributed by atoms with Crippen LogP contribution in [0.5, 0.6) is 5.75 Å². The summed E-state index contributed by atoms with van der Waals surface area (Å²) in [7, 11) is 1.59. The summed E-state index contributed by atoms with van der Waals surface area (Å²) >= 11 is 0. The largest absolute Gasteiger partial charge is 0.491 e. The first kappa shape index (κ1) is 23.8. The minimum absolute atomic E-state index is 0.0808. The van der Waals surface area contributed by atoms with E-state index in [9.17, 15) is 14.7 Å². The fourth-order valence-electron chi connectivity index (χ4n) is 3.46. The van der Waals surface area contributed by atoms with Crippen molar-refractivity contribution in [2.75, 3.05) is 25.6 Å². The van der Waals surface area contributed by atoms with Crippen LogP contribution in [0.2, 0.25) is 0 Å². The molecule has 1 aromatic rings. The Bertz CT molecular complexity index is 736. The lowest BCUT2D eigenvalue weighted by Gasteiger charge is -2.31. The standard InChI is InChI=1S/C22H34N2O6/c1-14-18(20(25)26)12-17(29-11-10-28-5)13-19(14)23-15-6-8-16(9-7-15)24-21(27)30-22(2,3)4/h12-13,15-16,23H,6-11H2,1-5H3,(H,24,27)(H,25,26). The lowest BCUT2D eigenvalue weighted by atomic mass is 9.90. The van der Waals surface area contributed by atoms with Crippen LogP contribution in [-0.4, -0.2) is 55.2 Å². The fraction of sp³-hybridized carbons (Fsp3) is 0.636. The van der Waals surface area contributed by atoms with E-state index in [4.69, 9.17) is 14.2 Å². The number of carbonyl (C=O) groups is 2. The highest BCUT2D eigenvalue weighted by molar-refractivity contribution is 5.92. The van der Waals surface area contributed by atoms with Gasteiger partial charge in [-0.1, -0.05) is 0 Å². The molecule has 0 spiro atoms. The Morgan fingerprint density at radius 1 is 1.10 bits per heavy atom. The van der Waals surface area contributed by atoms with Gasteiger partial charge in [-0.3, -0.25) is 0 Å². The van der Waals surface area contributed by atoms with E-state index in [1.165, 1.54) is 0 Å². The Morgan fingerprint density at radius 3 is 2.30 bits per heavy atom. The predicted molar refractivity (Wildman–Crippen MR) is 115 cm³/mol. The zero-order chi connectivity index (χ0) is 22.3. The van der Waals surface area contributed by atoms with Crippen molar-refractivity contribution in [3.8, 4) is 5.75 Å². The Morgan fingerprint density at radius 2 is 1.73 bits per heavy atom. The highest BCUT2D eigenvalue weighted by atomic mass is 16.6. The van der Waals surface area contributed by atoms with Gasteiger partial charge in [-0.25, -0.2) is 9.59 Å². The Kier molecular flexibility index (Phi) is 8.34. The second kappa shape index (κ2) is 10.5. The number of carboxylic acid groups (broad SMARTS) is 1. The molecule has 8 nitrogen and oxygen atoms in total. The van der Waals surface area contributed by atoms with Crippen molar-refractivity contribution in [2.24, 2.45) is 0 Å². The number of amides is 1. The van der Waals surface area contributed by atoms with Crippen LogP contribution < -0.4 is 15.4 Å². The zero-order valence-corrected chi connectivity index (χ0v) is 18.5. The van der Waals surface area contributed by atoms with Gasteiger partial charge in [-0.05, 0) is 65.0 Å². The van der Waals surface area contributed by atoms with Crippen LogP contribution in [0, 0.1) is 6.92 Å². The van der Waals surface area contributed by atoms with E-state index in [0.717, 1.165) is 31.4 Å². The number of aromatic carboxylic acids is 1. The Hall–Kier alpha value is -2.48. The second-order valence-electron chi connectivity index (χ2n) is 8.63. The molecule has 1 saturated carbocycles. The minimum atomic E-state index is -0.988. The van der Waals surface area contributed by atoms with Crippen LogP contribution in [0.4, 0.5) is 10.5 Å². The Balaban J connectivity index is 1.98. The molecule has 30 heavy (non-hydrogen) atoms. The molecule has 1 aliphatic carbocycles. The number of benzene rings is 1. The monoisotopic (exact) mass is 422 g/mol. The first-order valence-electron chi connectivity index (χ1n) is 10.3. The summed E-state index contributed by atoms with van der Waals surface area (Å²) in [6.07, 6.45) is 2.98. The van der Waals surface area contributed by atoms with Crippen molar-refractivity contribution in [3.05, 3.63) is 23.3 Å². The molecular weight excluding hydrogens is 388 g/mol. The third-order valence-electron chi connectivity index (χ3n) is 4.98. The maximum atomic E-state index is 12.0. The van der Waals surface area contributed by atoms with Crippen LogP contribution in [0.3, 0.4) is 0 Å². The maximum Gasteiger partial charge on any atom is 0.407 e. The van der Waals surface area contributed by atoms with Crippen molar-refractivity contribution in [1.82, 2.24) is 5.32 Å². The number of rotatable bonds is 8. The first-order valence-corrected chi connectivity index (χ1v) is 10.3. The van der Waals surface area contributed by atoms with Gasteiger partial charge >= 0.3 is 12.1 Å². The minimum Gasteiger partial charge on any atom is -0.491 e. The van der Waals surface area contributed by atoms with E-state index in [-0.39, 0.29) is 23.7 Å². The number of hydrogen-bond acceptors (Lipinski definition) is 6. The SMILES string of the molecule is COCCOc1cc(NC2CCC(NC(=O)OC(C)(C)C)CC2)c(C)c(C(=O)O)c1. The molecule has 0 saturated heterocycles. The zero-order valence-electron chi connectivity index (χ0n) is 18.5. The van der Waals surface area contributed by atoms with Gasteiger partial charge in [0.2, 0.25) is 0 Å². The summed E-state index contributed by atoms with van der Waals surface area (Å²) in [5.74, 6) is -0.490. The topological polar surface area (TPSA) is 106 Å². The molecule has 8 heteroatoms. The van der Waals surface area contributed by atoms with Crippen molar-refractivity contribution < 1.29 is 28.9 Å². The summed E-state index contributed by atoms with van der Waals surface area (Å²) in [6.45, 7) is 8.09. The van der Waals surface area contributed by atoms with Crippen molar-refractivity contribution >= 4 is 17.7 Å². The molecule has 0 atom stereocenters. The van der Waals surface area contributed by atoms with Gasteiger partial charge in [0.25, 0.3) is 0 Å². The molecule has 0 radical (unpaired) electrons. The molecule has 1 fully saturated rings.